The van der Waals surface area contributed by atoms with Crippen molar-refractivity contribution in [3.63, 3.8) is 0 Å². The van der Waals surface area contributed by atoms with Gasteiger partial charge in [0.1, 0.15) is 0 Å². The topological polar surface area (TPSA) is 43.7 Å². The van der Waals surface area contributed by atoms with Crippen LogP contribution in [-0.4, -0.2) is 58.5 Å². The summed E-state index contributed by atoms with van der Waals surface area (Å²) in [7, 11) is 4.30. The molecule has 0 heterocycles. The van der Waals surface area contributed by atoms with Crippen LogP contribution < -0.4 is 0 Å². The highest BCUT2D eigenvalue weighted by molar-refractivity contribution is 8.00. The molecule has 1 fully saturated rings. The Morgan fingerprint density at radius 3 is 2.35 bits per heavy atom. The van der Waals surface area contributed by atoms with E-state index < -0.39 is 6.10 Å². The maximum Gasteiger partial charge on any atom is 0.0861 e. The predicted octanol–water partition coefficient (Wildman–Crippen LogP) is 1.44. The van der Waals surface area contributed by atoms with Crippen LogP contribution in [0.5, 0.6) is 0 Å². The Kier molecular flexibility index (Phi) is 5.32. The molecule has 102 valence electrons. The van der Waals surface area contributed by atoms with Crippen molar-refractivity contribution in [1.82, 2.24) is 4.90 Å². The van der Waals surface area contributed by atoms with Gasteiger partial charge in [-0.2, -0.15) is 11.8 Å². The Balaban J connectivity index is 2.35. The largest absolute Gasteiger partial charge is 0.394 e. The molecule has 17 heavy (non-hydrogen) atoms. The molecule has 4 heteroatoms. The Bertz CT molecular complexity index is 246. The van der Waals surface area contributed by atoms with Gasteiger partial charge < -0.3 is 15.1 Å². The van der Waals surface area contributed by atoms with E-state index in [1.807, 2.05) is 0 Å². The molecule has 0 radical (unpaired) electrons. The van der Waals surface area contributed by atoms with E-state index in [9.17, 15) is 5.11 Å². The van der Waals surface area contributed by atoms with Gasteiger partial charge in [-0.25, -0.2) is 0 Å². The Hall–Kier alpha value is 0.230. The molecule has 3 nitrogen and oxygen atoms in total. The number of aliphatic hydroxyl groups excluding tert-OH is 2. The number of thioether (sulfide) groups is 1. The van der Waals surface area contributed by atoms with E-state index in [2.05, 4.69) is 39.8 Å². The first-order valence-electron chi connectivity index (χ1n) is 6.38. The summed E-state index contributed by atoms with van der Waals surface area (Å²) in [5, 5.41) is 18.2. The zero-order chi connectivity index (χ0) is 13.2. The second-order valence-corrected chi connectivity index (χ2v) is 7.82. The maximum absolute atomic E-state index is 9.38. The highest BCUT2D eigenvalue weighted by Gasteiger charge is 2.49. The lowest BCUT2D eigenvalue weighted by atomic mass is 10.0. The summed E-state index contributed by atoms with van der Waals surface area (Å²) in [5.74, 6) is 2.18. The van der Waals surface area contributed by atoms with Crippen molar-refractivity contribution in [2.45, 2.75) is 44.1 Å². The summed E-state index contributed by atoms with van der Waals surface area (Å²) in [6, 6.07) is 0.720. The van der Waals surface area contributed by atoms with Crippen molar-refractivity contribution in [3.05, 3.63) is 0 Å². The second-order valence-electron chi connectivity index (χ2n) is 6.09. The molecule has 2 N–H and O–H groups in total. The fraction of sp³-hybridized carbons (Fsp3) is 1.00. The van der Waals surface area contributed by atoms with Gasteiger partial charge >= 0.3 is 0 Å². The Morgan fingerprint density at radius 2 is 1.94 bits per heavy atom. The van der Waals surface area contributed by atoms with E-state index in [0.717, 1.165) is 17.9 Å². The van der Waals surface area contributed by atoms with Crippen LogP contribution in [0.15, 0.2) is 0 Å². The summed E-state index contributed by atoms with van der Waals surface area (Å²) in [4.78, 5) is 2.32. The molecule has 0 amide bonds. The molecule has 0 aromatic rings. The van der Waals surface area contributed by atoms with Crippen LogP contribution in [0.2, 0.25) is 0 Å². The fourth-order valence-electron chi connectivity index (χ4n) is 2.68. The standard InChI is InChI=1S/C13H27NO2S/c1-9-11(12(9)14(4)5)6-13(2,3)17-8-10(16)7-15/h9-12,15-16H,6-8H2,1-5H3. The van der Waals surface area contributed by atoms with Crippen LogP contribution in [0.25, 0.3) is 0 Å². The van der Waals surface area contributed by atoms with Crippen LogP contribution in [0.1, 0.15) is 27.2 Å². The molecule has 0 spiro atoms. The minimum Gasteiger partial charge on any atom is -0.394 e. The zero-order valence-electron chi connectivity index (χ0n) is 11.7. The summed E-state index contributed by atoms with van der Waals surface area (Å²) < 4.78 is 0.180. The van der Waals surface area contributed by atoms with Crippen molar-refractivity contribution < 1.29 is 10.2 Å². The van der Waals surface area contributed by atoms with Crippen molar-refractivity contribution in [2.75, 3.05) is 26.5 Å². The van der Waals surface area contributed by atoms with Crippen LogP contribution in [0.3, 0.4) is 0 Å². The molecule has 4 atom stereocenters. The molecule has 1 aliphatic rings. The molecule has 0 aliphatic heterocycles. The van der Waals surface area contributed by atoms with Gasteiger partial charge in [0.15, 0.2) is 0 Å². The first-order valence-corrected chi connectivity index (χ1v) is 7.36. The van der Waals surface area contributed by atoms with Gasteiger partial charge in [0.05, 0.1) is 12.7 Å². The SMILES string of the molecule is CC1C(CC(C)(C)SCC(O)CO)C1N(C)C. The Morgan fingerprint density at radius 1 is 1.35 bits per heavy atom. The van der Waals surface area contributed by atoms with Crippen LogP contribution in [-0.2, 0) is 0 Å². The normalized spacial score (nSPS) is 30.7. The maximum atomic E-state index is 9.38. The fourth-order valence-corrected chi connectivity index (χ4v) is 3.74. The average molecular weight is 261 g/mol. The van der Waals surface area contributed by atoms with Crippen molar-refractivity contribution in [1.29, 1.82) is 0 Å². The zero-order valence-corrected chi connectivity index (χ0v) is 12.5. The molecular formula is C13H27NO2S. The van der Waals surface area contributed by atoms with Crippen LogP contribution in [0, 0.1) is 11.8 Å². The van der Waals surface area contributed by atoms with Gasteiger partial charge in [-0.05, 0) is 32.4 Å². The van der Waals surface area contributed by atoms with E-state index in [1.165, 1.54) is 6.42 Å². The lowest BCUT2D eigenvalue weighted by Crippen LogP contribution is -2.24. The minimum absolute atomic E-state index is 0.136. The molecule has 1 aliphatic carbocycles. The highest BCUT2D eigenvalue weighted by Crippen LogP contribution is 2.49. The summed E-state index contributed by atoms with van der Waals surface area (Å²) >= 11 is 1.77. The van der Waals surface area contributed by atoms with Gasteiger partial charge in [-0.3, -0.25) is 0 Å². The second kappa shape index (κ2) is 5.91. The number of hydrogen-bond donors (Lipinski definition) is 2. The van der Waals surface area contributed by atoms with E-state index in [-0.39, 0.29) is 11.4 Å². The number of hydrogen-bond acceptors (Lipinski definition) is 4. The van der Waals surface area contributed by atoms with E-state index in [4.69, 9.17) is 5.11 Å². The molecule has 4 unspecified atom stereocenters. The predicted molar refractivity (Wildman–Crippen MR) is 74.4 cm³/mol. The Labute approximate surface area is 110 Å². The van der Waals surface area contributed by atoms with E-state index >= 15 is 0 Å². The third-order valence-corrected chi connectivity index (χ3v) is 5.21. The summed E-state index contributed by atoms with van der Waals surface area (Å²) in [5.41, 5.74) is 0. The van der Waals surface area contributed by atoms with E-state index in [0.29, 0.717) is 5.75 Å². The number of aliphatic hydroxyl groups is 2. The van der Waals surface area contributed by atoms with Gasteiger partial charge in [-0.15, -0.1) is 0 Å². The highest BCUT2D eigenvalue weighted by atomic mass is 32.2. The lowest BCUT2D eigenvalue weighted by molar-refractivity contribution is 0.113. The van der Waals surface area contributed by atoms with Gasteiger partial charge in [0.2, 0.25) is 0 Å². The summed E-state index contributed by atoms with van der Waals surface area (Å²) in [6.07, 6.45) is 0.598. The molecule has 0 aromatic heterocycles. The molecule has 1 saturated carbocycles. The number of nitrogens with zero attached hydrogens (tertiary/aromatic N) is 1. The monoisotopic (exact) mass is 261 g/mol. The van der Waals surface area contributed by atoms with Gasteiger partial charge in [-0.1, -0.05) is 20.8 Å². The molecule has 0 bridgehead atoms. The van der Waals surface area contributed by atoms with Crippen molar-refractivity contribution >= 4 is 11.8 Å². The minimum atomic E-state index is -0.583. The van der Waals surface area contributed by atoms with Gasteiger partial charge in [0.25, 0.3) is 0 Å². The third kappa shape index (κ3) is 4.43. The smallest absolute Gasteiger partial charge is 0.0861 e. The first-order chi connectivity index (χ1) is 7.78. The molecule has 0 saturated heterocycles. The average Bonchev–Trinajstić information content (AvgIpc) is 2.84. The molecule has 0 aromatic carbocycles. The van der Waals surface area contributed by atoms with Crippen molar-refractivity contribution in [2.24, 2.45) is 11.8 Å². The third-order valence-electron chi connectivity index (χ3n) is 3.71. The van der Waals surface area contributed by atoms with Gasteiger partial charge in [0, 0.05) is 16.5 Å². The lowest BCUT2D eigenvalue weighted by Gasteiger charge is -2.25. The molecular weight excluding hydrogens is 234 g/mol. The van der Waals surface area contributed by atoms with E-state index in [1.54, 1.807) is 11.8 Å². The molecule has 1 rings (SSSR count). The van der Waals surface area contributed by atoms with Crippen molar-refractivity contribution in [3.8, 4) is 0 Å². The summed E-state index contributed by atoms with van der Waals surface area (Å²) in [6.45, 7) is 6.65. The van der Waals surface area contributed by atoms with Crippen LogP contribution >= 0.6 is 11.8 Å². The first kappa shape index (κ1) is 15.3. The quantitative estimate of drug-likeness (QED) is 0.728. The number of rotatable bonds is 7. The van der Waals surface area contributed by atoms with Crippen LogP contribution in [0.4, 0.5) is 0 Å².